The standard InChI is InChI=1S/C25H26N6O5S/c1-17(32)30-14-3-4-19-16-21(9-10-22(19)30)37(33,34)26-13-15-36-24-12-11-23-27-28-25(31(23)29-24)18-5-7-20(35-2)8-6-18/h5-12,16,26H,3-4,13-15H2,1-2H3. The summed E-state index contributed by atoms with van der Waals surface area (Å²) in [6.07, 6.45) is 1.52. The van der Waals surface area contributed by atoms with Gasteiger partial charge in [0.2, 0.25) is 21.8 Å². The Balaban J connectivity index is 1.23. The van der Waals surface area contributed by atoms with Gasteiger partial charge >= 0.3 is 0 Å². The van der Waals surface area contributed by atoms with E-state index in [1.165, 1.54) is 13.0 Å². The number of ether oxygens (including phenoxy) is 2. The van der Waals surface area contributed by atoms with Gasteiger partial charge in [0.05, 0.1) is 12.0 Å². The van der Waals surface area contributed by atoms with Crippen molar-refractivity contribution in [3.63, 3.8) is 0 Å². The molecule has 0 bridgehead atoms. The van der Waals surface area contributed by atoms with Crippen LogP contribution < -0.4 is 19.1 Å². The molecule has 12 heteroatoms. The number of nitrogens with one attached hydrogen (secondary N) is 1. The molecule has 0 aliphatic carbocycles. The number of hydrogen-bond acceptors (Lipinski definition) is 8. The van der Waals surface area contributed by atoms with E-state index in [9.17, 15) is 13.2 Å². The molecule has 1 aliphatic rings. The molecule has 0 radical (unpaired) electrons. The molecular formula is C25H26N6O5S. The summed E-state index contributed by atoms with van der Waals surface area (Å²) in [6, 6.07) is 15.6. The Morgan fingerprint density at radius 3 is 2.65 bits per heavy atom. The maximum Gasteiger partial charge on any atom is 0.240 e. The molecule has 11 nitrogen and oxygen atoms in total. The second-order valence-electron chi connectivity index (χ2n) is 8.50. The fraction of sp³-hybridized carbons (Fsp3) is 0.280. The Morgan fingerprint density at radius 2 is 1.89 bits per heavy atom. The Hall–Kier alpha value is -4.03. The zero-order chi connectivity index (χ0) is 26.0. The molecule has 2 aromatic carbocycles. The van der Waals surface area contributed by atoms with E-state index in [1.807, 2.05) is 24.3 Å². The lowest BCUT2D eigenvalue weighted by molar-refractivity contribution is -0.116. The SMILES string of the molecule is COc1ccc(-c2nnc3ccc(OCCNS(=O)(=O)c4ccc5c(c4)CCCN5C(C)=O)nn23)cc1. The van der Waals surface area contributed by atoms with Gasteiger partial charge in [-0.3, -0.25) is 4.79 Å². The molecular weight excluding hydrogens is 496 g/mol. The van der Waals surface area contributed by atoms with Crippen LogP contribution in [0.15, 0.2) is 59.5 Å². The monoisotopic (exact) mass is 522 g/mol. The maximum atomic E-state index is 12.8. The lowest BCUT2D eigenvalue weighted by Gasteiger charge is -2.28. The molecule has 0 saturated heterocycles. The van der Waals surface area contributed by atoms with Gasteiger partial charge in [-0.15, -0.1) is 15.3 Å². The van der Waals surface area contributed by atoms with Crippen LogP contribution in [-0.4, -0.2) is 60.9 Å². The third-order valence-corrected chi connectivity index (χ3v) is 7.55. The molecule has 0 fully saturated rings. The first kappa shape index (κ1) is 24.7. The first-order valence-electron chi connectivity index (χ1n) is 11.8. The molecule has 0 spiro atoms. The van der Waals surface area contributed by atoms with E-state index in [4.69, 9.17) is 9.47 Å². The summed E-state index contributed by atoms with van der Waals surface area (Å²) in [6.45, 7) is 2.27. The van der Waals surface area contributed by atoms with E-state index >= 15 is 0 Å². The van der Waals surface area contributed by atoms with Crippen LogP contribution in [0.2, 0.25) is 0 Å². The number of fused-ring (bicyclic) bond motifs is 2. The van der Waals surface area contributed by atoms with Crippen LogP contribution in [0.1, 0.15) is 18.9 Å². The van der Waals surface area contributed by atoms with Crippen LogP contribution in [-0.2, 0) is 21.2 Å². The molecule has 2 aromatic heterocycles. The van der Waals surface area contributed by atoms with Gasteiger partial charge in [0.15, 0.2) is 11.5 Å². The zero-order valence-electron chi connectivity index (χ0n) is 20.4. The summed E-state index contributed by atoms with van der Waals surface area (Å²) in [5, 5.41) is 12.8. The highest BCUT2D eigenvalue weighted by atomic mass is 32.2. The molecule has 0 unspecified atom stereocenters. The number of amides is 1. The second kappa shape index (κ2) is 10.1. The number of methoxy groups -OCH3 is 1. The van der Waals surface area contributed by atoms with Gasteiger partial charge in [0.1, 0.15) is 12.4 Å². The van der Waals surface area contributed by atoms with Crippen molar-refractivity contribution in [2.45, 2.75) is 24.7 Å². The molecule has 3 heterocycles. The van der Waals surface area contributed by atoms with Gasteiger partial charge in [-0.2, -0.15) is 4.52 Å². The van der Waals surface area contributed by atoms with Crippen molar-refractivity contribution in [2.24, 2.45) is 0 Å². The van der Waals surface area contributed by atoms with Gasteiger partial charge in [-0.25, -0.2) is 13.1 Å². The summed E-state index contributed by atoms with van der Waals surface area (Å²) in [4.78, 5) is 13.7. The van der Waals surface area contributed by atoms with Gasteiger partial charge in [0.25, 0.3) is 0 Å². The molecule has 1 aliphatic heterocycles. The van der Waals surface area contributed by atoms with E-state index in [2.05, 4.69) is 20.0 Å². The average Bonchev–Trinajstić information content (AvgIpc) is 3.33. The normalized spacial score (nSPS) is 13.4. The number of carbonyl (C=O) groups is 1. The van der Waals surface area contributed by atoms with Gasteiger partial charge in [-0.1, -0.05) is 0 Å². The van der Waals surface area contributed by atoms with Crippen molar-refractivity contribution in [1.82, 2.24) is 24.5 Å². The first-order valence-corrected chi connectivity index (χ1v) is 13.2. The predicted octanol–water partition coefficient (Wildman–Crippen LogP) is 2.46. The number of hydrogen-bond donors (Lipinski definition) is 1. The van der Waals surface area contributed by atoms with Crippen molar-refractivity contribution >= 4 is 27.3 Å². The van der Waals surface area contributed by atoms with E-state index in [0.29, 0.717) is 23.9 Å². The highest BCUT2D eigenvalue weighted by molar-refractivity contribution is 7.89. The Bertz CT molecular complexity index is 1550. The Morgan fingerprint density at radius 1 is 1.08 bits per heavy atom. The van der Waals surface area contributed by atoms with Crippen molar-refractivity contribution in [3.05, 3.63) is 60.2 Å². The van der Waals surface area contributed by atoms with E-state index in [-0.39, 0.29) is 24.0 Å². The molecule has 4 aromatic rings. The third-order valence-electron chi connectivity index (χ3n) is 6.09. The minimum Gasteiger partial charge on any atom is -0.497 e. The van der Waals surface area contributed by atoms with Gasteiger partial charge in [-0.05, 0) is 66.9 Å². The van der Waals surface area contributed by atoms with Crippen LogP contribution in [0.5, 0.6) is 11.6 Å². The predicted molar refractivity (Wildman–Crippen MR) is 136 cm³/mol. The van der Waals surface area contributed by atoms with E-state index in [1.54, 1.807) is 40.8 Å². The molecule has 5 rings (SSSR count). The van der Waals surface area contributed by atoms with E-state index in [0.717, 1.165) is 35.4 Å². The number of benzene rings is 2. The minimum atomic E-state index is -3.75. The molecule has 1 N–H and O–H groups in total. The van der Waals surface area contributed by atoms with Crippen molar-refractivity contribution in [1.29, 1.82) is 0 Å². The molecule has 0 saturated carbocycles. The van der Waals surface area contributed by atoms with Crippen LogP contribution in [0.3, 0.4) is 0 Å². The topological polar surface area (TPSA) is 128 Å². The average molecular weight is 523 g/mol. The van der Waals surface area contributed by atoms with Crippen LogP contribution in [0.25, 0.3) is 17.0 Å². The summed E-state index contributed by atoms with van der Waals surface area (Å²) >= 11 is 0. The number of carbonyl (C=O) groups excluding carboxylic acids is 1. The third kappa shape index (κ3) is 5.11. The molecule has 0 atom stereocenters. The van der Waals surface area contributed by atoms with Gasteiger partial charge in [0, 0.05) is 37.3 Å². The number of aryl methyl sites for hydroxylation is 1. The maximum absolute atomic E-state index is 12.8. The number of rotatable bonds is 8. The fourth-order valence-electron chi connectivity index (χ4n) is 4.25. The first-order chi connectivity index (χ1) is 17.9. The van der Waals surface area contributed by atoms with Crippen LogP contribution in [0.4, 0.5) is 5.69 Å². The number of aromatic nitrogens is 4. The molecule has 1 amide bonds. The quantitative estimate of drug-likeness (QED) is 0.350. The Kier molecular flexibility index (Phi) is 6.76. The second-order valence-corrected chi connectivity index (χ2v) is 10.3. The number of anilines is 1. The molecule has 192 valence electrons. The Labute approximate surface area is 214 Å². The lowest BCUT2D eigenvalue weighted by Crippen LogP contribution is -2.34. The lowest BCUT2D eigenvalue weighted by atomic mass is 10.0. The van der Waals surface area contributed by atoms with E-state index < -0.39 is 10.0 Å². The minimum absolute atomic E-state index is 0.0478. The van der Waals surface area contributed by atoms with Crippen LogP contribution in [0, 0.1) is 0 Å². The number of sulfonamides is 1. The fourth-order valence-corrected chi connectivity index (χ4v) is 5.32. The number of nitrogens with zero attached hydrogens (tertiary/aromatic N) is 5. The molecule has 37 heavy (non-hydrogen) atoms. The van der Waals surface area contributed by atoms with Crippen molar-refractivity contribution in [3.8, 4) is 23.0 Å². The van der Waals surface area contributed by atoms with Crippen molar-refractivity contribution < 1.29 is 22.7 Å². The smallest absolute Gasteiger partial charge is 0.240 e. The summed E-state index contributed by atoms with van der Waals surface area (Å²) in [7, 11) is -2.15. The highest BCUT2D eigenvalue weighted by Gasteiger charge is 2.23. The summed E-state index contributed by atoms with van der Waals surface area (Å²) < 4.78 is 40.7. The van der Waals surface area contributed by atoms with Crippen molar-refractivity contribution in [2.75, 3.05) is 31.7 Å². The van der Waals surface area contributed by atoms with Crippen LogP contribution >= 0.6 is 0 Å². The van der Waals surface area contributed by atoms with Gasteiger partial charge < -0.3 is 14.4 Å². The zero-order valence-corrected chi connectivity index (χ0v) is 21.2. The summed E-state index contributed by atoms with van der Waals surface area (Å²) in [5.41, 5.74) is 2.97. The highest BCUT2D eigenvalue weighted by Crippen LogP contribution is 2.29. The largest absolute Gasteiger partial charge is 0.497 e. The summed E-state index contributed by atoms with van der Waals surface area (Å²) in [5.74, 6) is 1.52.